The molecule has 0 atom stereocenters. The van der Waals surface area contributed by atoms with Gasteiger partial charge in [0.25, 0.3) is 0 Å². The number of carbonyl (C=O) groups excluding carboxylic acids is 1. The van der Waals surface area contributed by atoms with Gasteiger partial charge >= 0.3 is 5.97 Å². The van der Waals surface area contributed by atoms with E-state index in [4.69, 9.17) is 14.7 Å². The summed E-state index contributed by atoms with van der Waals surface area (Å²) in [6.45, 7) is 0.298. The zero-order chi connectivity index (χ0) is 16.8. The van der Waals surface area contributed by atoms with Crippen molar-refractivity contribution < 1.29 is 14.3 Å². The molecule has 0 radical (unpaired) electrons. The SMILES string of the molecule is N#Cc1ccc(OCCOC(=O)c2cnc3ccccc3n2)cc1. The number of esters is 1. The van der Waals surface area contributed by atoms with Crippen LogP contribution in [0.3, 0.4) is 0 Å². The second-order valence-electron chi connectivity index (χ2n) is 4.86. The van der Waals surface area contributed by atoms with Crippen molar-refractivity contribution >= 4 is 17.0 Å². The van der Waals surface area contributed by atoms with Crippen LogP contribution in [0.2, 0.25) is 0 Å². The van der Waals surface area contributed by atoms with E-state index in [0.717, 1.165) is 5.52 Å². The summed E-state index contributed by atoms with van der Waals surface area (Å²) >= 11 is 0. The lowest BCUT2D eigenvalue weighted by Gasteiger charge is -2.07. The number of hydrogen-bond donors (Lipinski definition) is 0. The van der Waals surface area contributed by atoms with E-state index in [-0.39, 0.29) is 18.9 Å². The second kappa shape index (κ2) is 7.20. The molecular weight excluding hydrogens is 306 g/mol. The van der Waals surface area contributed by atoms with Gasteiger partial charge in [-0.3, -0.25) is 4.98 Å². The predicted molar refractivity (Wildman–Crippen MR) is 86.5 cm³/mol. The maximum Gasteiger partial charge on any atom is 0.358 e. The number of rotatable bonds is 5. The van der Waals surface area contributed by atoms with Crippen LogP contribution in [0.25, 0.3) is 11.0 Å². The van der Waals surface area contributed by atoms with E-state index in [9.17, 15) is 4.79 Å². The van der Waals surface area contributed by atoms with E-state index >= 15 is 0 Å². The average Bonchev–Trinajstić information content (AvgIpc) is 2.65. The molecule has 118 valence electrons. The molecule has 1 heterocycles. The second-order valence-corrected chi connectivity index (χ2v) is 4.86. The van der Waals surface area contributed by atoms with Crippen molar-refractivity contribution in [2.24, 2.45) is 0 Å². The number of hydrogen-bond acceptors (Lipinski definition) is 6. The predicted octanol–water partition coefficient (Wildman–Crippen LogP) is 2.74. The Morgan fingerprint density at radius 3 is 2.54 bits per heavy atom. The lowest BCUT2D eigenvalue weighted by atomic mass is 10.2. The molecule has 6 nitrogen and oxygen atoms in total. The zero-order valence-corrected chi connectivity index (χ0v) is 12.7. The molecule has 0 saturated carbocycles. The summed E-state index contributed by atoms with van der Waals surface area (Å²) in [5, 5.41) is 8.72. The molecular formula is C18H13N3O3. The largest absolute Gasteiger partial charge is 0.490 e. The third-order valence-electron chi connectivity index (χ3n) is 3.23. The van der Waals surface area contributed by atoms with Crippen LogP contribution in [-0.2, 0) is 4.74 Å². The molecule has 6 heteroatoms. The van der Waals surface area contributed by atoms with E-state index in [1.54, 1.807) is 30.3 Å². The van der Waals surface area contributed by atoms with Crippen molar-refractivity contribution in [3.63, 3.8) is 0 Å². The first-order chi connectivity index (χ1) is 11.8. The summed E-state index contributed by atoms with van der Waals surface area (Å²) in [5.74, 6) is 0.0622. The molecule has 0 saturated heterocycles. The number of nitrogens with zero attached hydrogens (tertiary/aromatic N) is 3. The van der Waals surface area contributed by atoms with Gasteiger partial charge in [0.05, 0.1) is 28.9 Å². The highest BCUT2D eigenvalue weighted by Crippen LogP contribution is 2.12. The molecule has 3 aromatic rings. The first-order valence-corrected chi connectivity index (χ1v) is 7.28. The number of fused-ring (bicyclic) bond motifs is 1. The Morgan fingerprint density at radius 1 is 1.04 bits per heavy atom. The van der Waals surface area contributed by atoms with Crippen molar-refractivity contribution in [2.45, 2.75) is 0 Å². The van der Waals surface area contributed by atoms with Crippen LogP contribution in [0, 0.1) is 11.3 Å². The van der Waals surface area contributed by atoms with Gasteiger partial charge in [0, 0.05) is 0 Å². The van der Waals surface area contributed by atoms with Crippen LogP contribution < -0.4 is 4.74 Å². The Morgan fingerprint density at radius 2 is 1.79 bits per heavy atom. The van der Waals surface area contributed by atoms with Gasteiger partial charge in [0.1, 0.15) is 19.0 Å². The number of para-hydroxylation sites is 2. The first-order valence-electron chi connectivity index (χ1n) is 7.28. The lowest BCUT2D eigenvalue weighted by molar-refractivity contribution is 0.0443. The molecule has 0 amide bonds. The highest BCUT2D eigenvalue weighted by Gasteiger charge is 2.10. The summed E-state index contributed by atoms with van der Waals surface area (Å²) in [4.78, 5) is 20.4. The molecule has 24 heavy (non-hydrogen) atoms. The van der Waals surface area contributed by atoms with Crippen LogP contribution in [-0.4, -0.2) is 29.2 Å². The number of benzene rings is 2. The quantitative estimate of drug-likeness (QED) is 0.531. The molecule has 0 spiro atoms. The Kier molecular flexibility index (Phi) is 4.63. The topological polar surface area (TPSA) is 85.1 Å². The molecule has 3 rings (SSSR count). The van der Waals surface area contributed by atoms with Gasteiger partial charge in [-0.25, -0.2) is 9.78 Å². The minimum atomic E-state index is -0.545. The molecule has 0 aliphatic heterocycles. The number of carbonyl (C=O) groups is 1. The molecule has 1 aromatic heterocycles. The fraction of sp³-hybridized carbons (Fsp3) is 0.111. The van der Waals surface area contributed by atoms with Gasteiger partial charge in [-0.15, -0.1) is 0 Å². The number of aromatic nitrogens is 2. The van der Waals surface area contributed by atoms with Gasteiger partial charge in [0.2, 0.25) is 0 Å². The molecule has 0 aliphatic carbocycles. The van der Waals surface area contributed by atoms with Gasteiger partial charge in [0.15, 0.2) is 5.69 Å². The molecule has 0 bridgehead atoms. The highest BCUT2D eigenvalue weighted by molar-refractivity contribution is 5.89. The van der Waals surface area contributed by atoms with Crippen LogP contribution >= 0.6 is 0 Å². The third-order valence-corrected chi connectivity index (χ3v) is 3.23. The molecule has 2 aromatic carbocycles. The third kappa shape index (κ3) is 3.65. The van der Waals surface area contributed by atoms with Gasteiger partial charge in [-0.1, -0.05) is 12.1 Å². The van der Waals surface area contributed by atoms with Gasteiger partial charge in [-0.05, 0) is 36.4 Å². The molecule has 0 unspecified atom stereocenters. The summed E-state index contributed by atoms with van der Waals surface area (Å²) in [7, 11) is 0. The minimum Gasteiger partial charge on any atom is -0.490 e. The molecule has 0 aliphatic rings. The van der Waals surface area contributed by atoms with Crippen LogP contribution in [0.5, 0.6) is 5.75 Å². The van der Waals surface area contributed by atoms with Gasteiger partial charge < -0.3 is 9.47 Å². The Labute approximate surface area is 138 Å². The van der Waals surface area contributed by atoms with Crippen LogP contribution in [0.15, 0.2) is 54.7 Å². The maximum atomic E-state index is 12.0. The minimum absolute atomic E-state index is 0.0906. The smallest absolute Gasteiger partial charge is 0.358 e. The fourth-order valence-corrected chi connectivity index (χ4v) is 2.05. The van der Waals surface area contributed by atoms with E-state index in [1.165, 1.54) is 6.20 Å². The van der Waals surface area contributed by atoms with Crippen LogP contribution in [0.1, 0.15) is 16.1 Å². The van der Waals surface area contributed by atoms with Gasteiger partial charge in [-0.2, -0.15) is 5.26 Å². The average molecular weight is 319 g/mol. The van der Waals surface area contributed by atoms with Crippen molar-refractivity contribution in [3.8, 4) is 11.8 Å². The maximum absolute atomic E-state index is 12.0. The highest BCUT2D eigenvalue weighted by atomic mass is 16.6. The van der Waals surface area contributed by atoms with Crippen molar-refractivity contribution in [2.75, 3.05) is 13.2 Å². The standard InChI is InChI=1S/C18H13N3O3/c19-11-13-5-7-14(8-6-13)23-9-10-24-18(22)17-12-20-15-3-1-2-4-16(15)21-17/h1-8,12H,9-10H2. The zero-order valence-electron chi connectivity index (χ0n) is 12.7. The fourth-order valence-electron chi connectivity index (χ4n) is 2.05. The number of nitriles is 1. The Hall–Kier alpha value is -3.46. The van der Waals surface area contributed by atoms with Crippen molar-refractivity contribution in [3.05, 3.63) is 66.0 Å². The summed E-state index contributed by atoms with van der Waals surface area (Å²) in [5.41, 5.74) is 2.08. The molecule has 0 fully saturated rings. The summed E-state index contributed by atoms with van der Waals surface area (Å²) in [6.07, 6.45) is 1.39. The summed E-state index contributed by atoms with van der Waals surface area (Å²) in [6, 6.07) is 16.0. The van der Waals surface area contributed by atoms with E-state index in [2.05, 4.69) is 9.97 Å². The van der Waals surface area contributed by atoms with Crippen LogP contribution in [0.4, 0.5) is 0 Å². The lowest BCUT2D eigenvalue weighted by Crippen LogP contribution is -2.13. The van der Waals surface area contributed by atoms with E-state index in [1.807, 2.05) is 24.3 Å². The van der Waals surface area contributed by atoms with E-state index in [0.29, 0.717) is 16.8 Å². The van der Waals surface area contributed by atoms with Crippen molar-refractivity contribution in [1.29, 1.82) is 5.26 Å². The monoisotopic (exact) mass is 319 g/mol. The number of ether oxygens (including phenoxy) is 2. The van der Waals surface area contributed by atoms with E-state index < -0.39 is 5.97 Å². The first kappa shape index (κ1) is 15.4. The van der Waals surface area contributed by atoms with Crippen molar-refractivity contribution in [1.82, 2.24) is 9.97 Å². The molecule has 0 N–H and O–H groups in total. The summed E-state index contributed by atoms with van der Waals surface area (Å²) < 4.78 is 10.6. The normalized spacial score (nSPS) is 10.1. The Balaban J connectivity index is 1.52. The Bertz CT molecular complexity index is 901.